The van der Waals surface area contributed by atoms with Gasteiger partial charge in [0, 0.05) is 0 Å². The summed E-state index contributed by atoms with van der Waals surface area (Å²) in [5.41, 5.74) is 0. The maximum Gasteiger partial charge on any atom is 0.336 e. The summed E-state index contributed by atoms with van der Waals surface area (Å²) >= 11 is 0. The van der Waals surface area contributed by atoms with Gasteiger partial charge in [0.25, 0.3) is 0 Å². The third-order valence-electron chi connectivity index (χ3n) is 3.46. The van der Waals surface area contributed by atoms with Crippen molar-refractivity contribution in [2.75, 3.05) is 0 Å². The number of aliphatic carboxylic acids is 1. The molecule has 0 aromatic rings. The second-order valence-corrected chi connectivity index (χ2v) is 5.62. The van der Waals surface area contributed by atoms with Gasteiger partial charge < -0.3 is 5.11 Å². The van der Waals surface area contributed by atoms with E-state index in [1.807, 2.05) is 12.2 Å². The standard InChI is InChI=1S/C20H32O4/c1-2-3-4-5-6-7-8-9-10-11-12-13-14-15-16-17-18-19(24-23)20(21)22/h6-7,9-12,15-16,19,23H,2-5,8,13-14,17-18H2,1H3,(H,21,22)/b7-6+,10-9+,12-11+,16-15+/t19-/m1/s1. The van der Waals surface area contributed by atoms with Gasteiger partial charge in [0.2, 0.25) is 0 Å². The molecule has 0 rings (SSSR count). The molecule has 136 valence electrons. The number of rotatable bonds is 15. The van der Waals surface area contributed by atoms with Crippen LogP contribution in [0.25, 0.3) is 0 Å². The zero-order valence-electron chi connectivity index (χ0n) is 14.8. The van der Waals surface area contributed by atoms with Gasteiger partial charge in [-0.3, -0.25) is 5.26 Å². The molecule has 0 heterocycles. The van der Waals surface area contributed by atoms with Gasteiger partial charge in [0.1, 0.15) is 0 Å². The minimum Gasteiger partial charge on any atom is -0.479 e. The lowest BCUT2D eigenvalue weighted by atomic mass is 10.1. The van der Waals surface area contributed by atoms with Crippen molar-refractivity contribution in [1.29, 1.82) is 0 Å². The highest BCUT2D eigenvalue weighted by molar-refractivity contribution is 5.72. The van der Waals surface area contributed by atoms with E-state index in [0.29, 0.717) is 6.42 Å². The molecule has 0 saturated carbocycles. The van der Waals surface area contributed by atoms with Gasteiger partial charge in [-0.25, -0.2) is 9.68 Å². The first kappa shape index (κ1) is 22.4. The van der Waals surface area contributed by atoms with Crippen molar-refractivity contribution in [3.63, 3.8) is 0 Å². The molecule has 0 saturated heterocycles. The van der Waals surface area contributed by atoms with E-state index in [2.05, 4.69) is 48.3 Å². The van der Waals surface area contributed by atoms with E-state index in [0.717, 1.165) is 19.3 Å². The first-order valence-electron chi connectivity index (χ1n) is 8.87. The van der Waals surface area contributed by atoms with Crippen LogP contribution in [0.15, 0.2) is 48.6 Å². The minimum atomic E-state index is -1.14. The quantitative estimate of drug-likeness (QED) is 0.133. The predicted molar refractivity (Wildman–Crippen MR) is 98.9 cm³/mol. The zero-order valence-corrected chi connectivity index (χ0v) is 14.8. The Balaban J connectivity index is 3.56. The molecule has 0 aliphatic carbocycles. The van der Waals surface area contributed by atoms with E-state index < -0.39 is 12.1 Å². The van der Waals surface area contributed by atoms with Crippen LogP contribution in [0.1, 0.15) is 64.7 Å². The molecule has 4 heteroatoms. The Labute approximate surface area is 146 Å². The monoisotopic (exact) mass is 336 g/mol. The van der Waals surface area contributed by atoms with Crippen molar-refractivity contribution in [3.05, 3.63) is 48.6 Å². The summed E-state index contributed by atoms with van der Waals surface area (Å²) in [7, 11) is 0. The van der Waals surface area contributed by atoms with Crippen LogP contribution in [0.4, 0.5) is 0 Å². The van der Waals surface area contributed by atoms with Crippen LogP contribution in [0.3, 0.4) is 0 Å². The van der Waals surface area contributed by atoms with Crippen molar-refractivity contribution in [3.8, 4) is 0 Å². The second kappa shape index (κ2) is 17.7. The Morgan fingerprint density at radius 1 is 0.917 bits per heavy atom. The predicted octanol–water partition coefficient (Wildman–Crippen LogP) is 5.68. The van der Waals surface area contributed by atoms with Crippen molar-refractivity contribution < 1.29 is 20.0 Å². The summed E-state index contributed by atoms with van der Waals surface area (Å²) in [6.45, 7) is 2.22. The number of allylic oxidation sites excluding steroid dienone is 8. The maximum atomic E-state index is 10.6. The van der Waals surface area contributed by atoms with Gasteiger partial charge in [-0.05, 0) is 44.9 Å². The molecule has 0 aliphatic rings. The molecule has 0 aliphatic heterocycles. The smallest absolute Gasteiger partial charge is 0.336 e. The lowest BCUT2D eigenvalue weighted by Gasteiger charge is -2.05. The molecular formula is C20H32O4. The van der Waals surface area contributed by atoms with Crippen LogP contribution in [-0.4, -0.2) is 22.4 Å². The van der Waals surface area contributed by atoms with Gasteiger partial charge in [-0.1, -0.05) is 68.4 Å². The maximum absolute atomic E-state index is 10.6. The van der Waals surface area contributed by atoms with Crippen LogP contribution in [-0.2, 0) is 9.68 Å². The van der Waals surface area contributed by atoms with E-state index in [9.17, 15) is 4.79 Å². The van der Waals surface area contributed by atoms with E-state index in [-0.39, 0.29) is 6.42 Å². The van der Waals surface area contributed by atoms with Crippen molar-refractivity contribution in [1.82, 2.24) is 0 Å². The lowest BCUT2D eigenvalue weighted by Crippen LogP contribution is -2.21. The van der Waals surface area contributed by atoms with Crippen LogP contribution in [0, 0.1) is 0 Å². The van der Waals surface area contributed by atoms with Crippen molar-refractivity contribution in [2.24, 2.45) is 0 Å². The third kappa shape index (κ3) is 15.3. The minimum absolute atomic E-state index is 0.271. The number of hydrogen-bond acceptors (Lipinski definition) is 3. The summed E-state index contributed by atoms with van der Waals surface area (Å²) in [5.74, 6) is -1.14. The van der Waals surface area contributed by atoms with E-state index in [4.69, 9.17) is 10.4 Å². The Kier molecular flexibility index (Phi) is 16.5. The fraction of sp³-hybridized carbons (Fsp3) is 0.550. The SMILES string of the molecule is CCCCC/C=C/C/C=C/C=C/CC/C=C/CC[C@@H](OO)C(=O)O. The van der Waals surface area contributed by atoms with Gasteiger partial charge in [-0.2, -0.15) is 0 Å². The lowest BCUT2D eigenvalue weighted by molar-refractivity contribution is -0.277. The van der Waals surface area contributed by atoms with E-state index in [1.165, 1.54) is 25.7 Å². The first-order valence-corrected chi connectivity index (χ1v) is 8.87. The number of unbranched alkanes of at least 4 members (excludes halogenated alkanes) is 4. The molecule has 1 atom stereocenters. The van der Waals surface area contributed by atoms with Crippen LogP contribution >= 0.6 is 0 Å². The number of carboxylic acids is 1. The normalized spacial score (nSPS) is 13.8. The molecule has 0 unspecified atom stereocenters. The molecule has 4 nitrogen and oxygen atoms in total. The largest absolute Gasteiger partial charge is 0.479 e. The fourth-order valence-corrected chi connectivity index (χ4v) is 2.03. The summed E-state index contributed by atoms with van der Waals surface area (Å²) in [5, 5.41) is 17.1. The Morgan fingerprint density at radius 3 is 2.29 bits per heavy atom. The average molecular weight is 336 g/mol. The molecule has 0 aromatic carbocycles. The van der Waals surface area contributed by atoms with Crippen molar-refractivity contribution >= 4 is 5.97 Å². The van der Waals surface area contributed by atoms with Gasteiger partial charge in [0.15, 0.2) is 6.10 Å². The molecule has 24 heavy (non-hydrogen) atoms. The van der Waals surface area contributed by atoms with Gasteiger partial charge in [0.05, 0.1) is 0 Å². The molecule has 2 N–H and O–H groups in total. The highest BCUT2D eigenvalue weighted by atomic mass is 17.1. The van der Waals surface area contributed by atoms with Crippen LogP contribution < -0.4 is 0 Å². The number of hydrogen-bond donors (Lipinski definition) is 2. The zero-order chi connectivity index (χ0) is 17.9. The van der Waals surface area contributed by atoms with Gasteiger partial charge >= 0.3 is 5.97 Å². The second-order valence-electron chi connectivity index (χ2n) is 5.62. The molecule has 0 spiro atoms. The summed E-state index contributed by atoms with van der Waals surface area (Å²) in [4.78, 5) is 14.5. The molecule has 0 aromatic heterocycles. The van der Waals surface area contributed by atoms with Crippen LogP contribution in [0.2, 0.25) is 0 Å². The Bertz CT molecular complexity index is 408. The molecular weight excluding hydrogens is 304 g/mol. The van der Waals surface area contributed by atoms with E-state index >= 15 is 0 Å². The molecule has 0 amide bonds. The highest BCUT2D eigenvalue weighted by Crippen LogP contribution is 2.04. The average Bonchev–Trinajstić information content (AvgIpc) is 2.57. The fourth-order valence-electron chi connectivity index (χ4n) is 2.03. The molecule has 0 bridgehead atoms. The van der Waals surface area contributed by atoms with Crippen molar-refractivity contribution in [2.45, 2.75) is 70.8 Å². The molecule has 0 radical (unpaired) electrons. The topological polar surface area (TPSA) is 66.8 Å². The highest BCUT2D eigenvalue weighted by Gasteiger charge is 2.16. The number of carboxylic acid groups (broad SMARTS) is 1. The molecule has 0 fully saturated rings. The summed E-state index contributed by atoms with van der Waals surface area (Å²) in [6, 6.07) is 0. The third-order valence-corrected chi connectivity index (χ3v) is 3.46. The number of carbonyl (C=O) groups is 1. The van der Waals surface area contributed by atoms with Gasteiger partial charge in [-0.15, -0.1) is 0 Å². The Hall–Kier alpha value is -1.65. The Morgan fingerprint density at radius 2 is 1.58 bits per heavy atom. The first-order chi connectivity index (χ1) is 11.7. The summed E-state index contributed by atoms with van der Waals surface area (Å²) < 4.78 is 0. The summed E-state index contributed by atoms with van der Waals surface area (Å²) in [6.07, 6.45) is 24.4. The van der Waals surface area contributed by atoms with E-state index in [1.54, 1.807) is 0 Å². The van der Waals surface area contributed by atoms with Crippen LogP contribution in [0.5, 0.6) is 0 Å².